The van der Waals surface area contributed by atoms with Gasteiger partial charge in [0.2, 0.25) is 0 Å². The first kappa shape index (κ1) is 16.6. The maximum Gasteiger partial charge on any atom is 0.254 e. The van der Waals surface area contributed by atoms with Crippen LogP contribution in [0.15, 0.2) is 42.5 Å². The molecule has 5 heteroatoms. The molecule has 0 atom stereocenters. The Morgan fingerprint density at radius 1 is 1.17 bits per heavy atom. The van der Waals surface area contributed by atoms with Crippen LogP contribution >= 0.6 is 0 Å². The summed E-state index contributed by atoms with van der Waals surface area (Å²) in [5.41, 5.74) is 1.87. The molecule has 24 heavy (non-hydrogen) atoms. The van der Waals surface area contributed by atoms with E-state index in [1.165, 1.54) is 12.1 Å². The zero-order valence-electron chi connectivity index (χ0n) is 13.5. The molecule has 0 heterocycles. The van der Waals surface area contributed by atoms with Gasteiger partial charge in [-0.15, -0.1) is 0 Å². The van der Waals surface area contributed by atoms with Crippen molar-refractivity contribution in [1.82, 2.24) is 4.90 Å². The van der Waals surface area contributed by atoms with E-state index in [4.69, 9.17) is 4.74 Å². The van der Waals surface area contributed by atoms with Crippen LogP contribution in [0.4, 0.5) is 8.78 Å². The number of nitrogens with zero attached hydrogens (tertiary/aromatic N) is 1. The average molecular weight is 331 g/mol. The summed E-state index contributed by atoms with van der Waals surface area (Å²) in [7, 11) is 1.62. The van der Waals surface area contributed by atoms with Gasteiger partial charge in [-0.2, -0.15) is 0 Å². The number of rotatable bonds is 6. The molecule has 3 rings (SSSR count). The summed E-state index contributed by atoms with van der Waals surface area (Å²) in [5, 5.41) is 0. The molecule has 1 amide bonds. The van der Waals surface area contributed by atoms with E-state index in [0.717, 1.165) is 24.5 Å². The highest BCUT2D eigenvalue weighted by atomic mass is 19.1. The Kier molecular flexibility index (Phi) is 4.90. The quantitative estimate of drug-likeness (QED) is 0.803. The molecule has 126 valence electrons. The van der Waals surface area contributed by atoms with Gasteiger partial charge in [0.1, 0.15) is 11.6 Å². The van der Waals surface area contributed by atoms with Crippen molar-refractivity contribution in [3.05, 3.63) is 70.8 Å². The molecular weight excluding hydrogens is 312 g/mol. The Morgan fingerprint density at radius 3 is 2.46 bits per heavy atom. The van der Waals surface area contributed by atoms with E-state index in [2.05, 4.69) is 0 Å². The van der Waals surface area contributed by atoms with E-state index in [1.807, 2.05) is 12.1 Å². The second-order valence-corrected chi connectivity index (χ2v) is 6.03. The predicted molar refractivity (Wildman–Crippen MR) is 86.4 cm³/mol. The Labute approximate surface area is 139 Å². The first-order chi connectivity index (χ1) is 11.6. The molecule has 0 bridgehead atoms. The van der Waals surface area contributed by atoms with Crippen molar-refractivity contribution in [2.45, 2.75) is 32.0 Å². The van der Waals surface area contributed by atoms with Crippen LogP contribution in [-0.2, 0) is 17.9 Å². The van der Waals surface area contributed by atoms with Crippen LogP contribution in [-0.4, -0.2) is 24.0 Å². The number of hydrogen-bond acceptors (Lipinski definition) is 2. The normalized spacial score (nSPS) is 13.8. The van der Waals surface area contributed by atoms with E-state index in [1.54, 1.807) is 24.1 Å². The SMILES string of the molecule is COCc1ccc(C(=O)N(Cc2ccc(F)cc2F)C2CC2)cc1. The zero-order valence-corrected chi connectivity index (χ0v) is 13.5. The summed E-state index contributed by atoms with van der Waals surface area (Å²) in [6.07, 6.45) is 1.83. The molecule has 2 aromatic carbocycles. The number of benzene rings is 2. The molecule has 0 spiro atoms. The van der Waals surface area contributed by atoms with E-state index < -0.39 is 11.6 Å². The summed E-state index contributed by atoms with van der Waals surface area (Å²) in [5.74, 6) is -1.37. The summed E-state index contributed by atoms with van der Waals surface area (Å²) >= 11 is 0. The lowest BCUT2D eigenvalue weighted by atomic mass is 10.1. The Hall–Kier alpha value is -2.27. The number of amides is 1. The predicted octanol–water partition coefficient (Wildman–Crippen LogP) is 3.92. The van der Waals surface area contributed by atoms with Gasteiger partial charge in [0.25, 0.3) is 5.91 Å². The number of halogens is 2. The lowest BCUT2D eigenvalue weighted by Gasteiger charge is -2.23. The zero-order chi connectivity index (χ0) is 17.1. The summed E-state index contributed by atoms with van der Waals surface area (Å²) < 4.78 is 32.0. The second-order valence-electron chi connectivity index (χ2n) is 6.03. The average Bonchev–Trinajstić information content (AvgIpc) is 3.39. The molecule has 1 fully saturated rings. The monoisotopic (exact) mass is 331 g/mol. The standard InChI is InChI=1S/C19H19F2NO2/c1-24-12-13-2-4-14(5-3-13)19(23)22(17-8-9-17)11-15-6-7-16(20)10-18(15)21/h2-7,10,17H,8-9,11-12H2,1H3. The molecule has 1 aliphatic carbocycles. The van der Waals surface area contributed by atoms with Crippen molar-refractivity contribution >= 4 is 5.91 Å². The molecule has 2 aromatic rings. The van der Waals surface area contributed by atoms with Crippen LogP contribution in [0.3, 0.4) is 0 Å². The van der Waals surface area contributed by atoms with Crippen LogP contribution < -0.4 is 0 Å². The van der Waals surface area contributed by atoms with Crippen LogP contribution in [0.5, 0.6) is 0 Å². The van der Waals surface area contributed by atoms with Gasteiger partial charge in [-0.05, 0) is 36.6 Å². The fraction of sp³-hybridized carbons (Fsp3) is 0.316. The fourth-order valence-electron chi connectivity index (χ4n) is 2.66. The molecule has 0 N–H and O–H groups in total. The molecule has 3 nitrogen and oxygen atoms in total. The minimum absolute atomic E-state index is 0.126. The van der Waals surface area contributed by atoms with Crippen molar-refractivity contribution in [3.8, 4) is 0 Å². The van der Waals surface area contributed by atoms with Gasteiger partial charge < -0.3 is 9.64 Å². The molecule has 0 aliphatic heterocycles. The van der Waals surface area contributed by atoms with Gasteiger partial charge in [-0.1, -0.05) is 18.2 Å². The van der Waals surface area contributed by atoms with Crippen LogP contribution in [0, 0.1) is 11.6 Å². The largest absolute Gasteiger partial charge is 0.380 e. The highest BCUT2D eigenvalue weighted by molar-refractivity contribution is 5.94. The topological polar surface area (TPSA) is 29.5 Å². The molecule has 0 radical (unpaired) electrons. The van der Waals surface area contributed by atoms with E-state index in [-0.39, 0.29) is 18.5 Å². The smallest absolute Gasteiger partial charge is 0.254 e. The summed E-state index contributed by atoms with van der Waals surface area (Å²) in [6.45, 7) is 0.636. The van der Waals surface area contributed by atoms with Crippen molar-refractivity contribution in [2.75, 3.05) is 7.11 Å². The molecule has 0 saturated heterocycles. The van der Waals surface area contributed by atoms with Gasteiger partial charge >= 0.3 is 0 Å². The minimum Gasteiger partial charge on any atom is -0.380 e. The van der Waals surface area contributed by atoms with Crippen molar-refractivity contribution in [2.24, 2.45) is 0 Å². The van der Waals surface area contributed by atoms with Crippen molar-refractivity contribution < 1.29 is 18.3 Å². The first-order valence-corrected chi connectivity index (χ1v) is 7.91. The van der Waals surface area contributed by atoms with E-state index in [9.17, 15) is 13.6 Å². The number of carbonyl (C=O) groups is 1. The van der Waals surface area contributed by atoms with Gasteiger partial charge in [0.05, 0.1) is 6.61 Å². The van der Waals surface area contributed by atoms with Gasteiger partial charge in [0, 0.05) is 36.9 Å². The molecule has 1 aliphatic rings. The third-order valence-corrected chi connectivity index (χ3v) is 4.12. The van der Waals surface area contributed by atoms with Crippen LogP contribution in [0.25, 0.3) is 0 Å². The molecule has 0 aromatic heterocycles. The lowest BCUT2D eigenvalue weighted by Crippen LogP contribution is -2.33. The Morgan fingerprint density at radius 2 is 1.88 bits per heavy atom. The van der Waals surface area contributed by atoms with Gasteiger partial charge in [0.15, 0.2) is 0 Å². The number of methoxy groups -OCH3 is 1. The van der Waals surface area contributed by atoms with Crippen molar-refractivity contribution in [1.29, 1.82) is 0 Å². The maximum absolute atomic E-state index is 13.9. The van der Waals surface area contributed by atoms with E-state index in [0.29, 0.717) is 17.7 Å². The van der Waals surface area contributed by atoms with Crippen LogP contribution in [0.2, 0.25) is 0 Å². The number of hydrogen-bond donors (Lipinski definition) is 0. The fourth-order valence-corrected chi connectivity index (χ4v) is 2.66. The van der Waals surface area contributed by atoms with Gasteiger partial charge in [-0.25, -0.2) is 8.78 Å². The van der Waals surface area contributed by atoms with E-state index >= 15 is 0 Å². The second kappa shape index (κ2) is 7.09. The lowest BCUT2D eigenvalue weighted by molar-refractivity contribution is 0.0728. The van der Waals surface area contributed by atoms with Gasteiger partial charge in [-0.3, -0.25) is 4.79 Å². The Balaban J connectivity index is 1.78. The maximum atomic E-state index is 13.9. The third-order valence-electron chi connectivity index (χ3n) is 4.12. The molecular formula is C19H19F2NO2. The van der Waals surface area contributed by atoms with Crippen molar-refractivity contribution in [3.63, 3.8) is 0 Å². The highest BCUT2D eigenvalue weighted by Crippen LogP contribution is 2.30. The first-order valence-electron chi connectivity index (χ1n) is 7.91. The highest BCUT2D eigenvalue weighted by Gasteiger charge is 2.33. The number of carbonyl (C=O) groups excluding carboxylic acids is 1. The minimum atomic E-state index is -0.621. The summed E-state index contributed by atoms with van der Waals surface area (Å²) in [4.78, 5) is 14.4. The summed E-state index contributed by atoms with van der Waals surface area (Å²) in [6, 6.07) is 10.8. The molecule has 0 unspecified atom stereocenters. The molecule has 1 saturated carbocycles. The Bertz CT molecular complexity index is 727. The third kappa shape index (κ3) is 3.79. The number of ether oxygens (including phenoxy) is 1. The van der Waals surface area contributed by atoms with Crippen LogP contribution in [0.1, 0.15) is 34.3 Å².